The zero-order valence-electron chi connectivity index (χ0n) is 14.8. The van der Waals surface area contributed by atoms with Crippen LogP contribution in [0.5, 0.6) is 11.5 Å². The summed E-state index contributed by atoms with van der Waals surface area (Å²) in [6, 6.07) is 17.8. The predicted molar refractivity (Wildman–Crippen MR) is 107 cm³/mol. The number of hydrogen-bond donors (Lipinski definition) is 0. The van der Waals surface area contributed by atoms with Crippen molar-refractivity contribution in [3.63, 3.8) is 0 Å². The molecule has 5 heteroatoms. The average Bonchev–Trinajstić information content (AvgIpc) is 2.69. The van der Waals surface area contributed by atoms with E-state index in [1.807, 2.05) is 49.4 Å². The first kappa shape index (κ1) is 18.7. The number of carbonyl (C=O) groups is 1. The minimum Gasteiger partial charge on any atom is -0.490 e. The lowest BCUT2D eigenvalue weighted by Gasteiger charge is -2.12. The molecule has 0 aliphatic carbocycles. The Hall–Kier alpha value is -3.11. The van der Waals surface area contributed by atoms with Crippen LogP contribution in [0.1, 0.15) is 28.5 Å². The van der Waals surface area contributed by atoms with Crippen molar-refractivity contribution in [2.45, 2.75) is 6.92 Å². The van der Waals surface area contributed by atoms with Gasteiger partial charge in [-0.05, 0) is 55.0 Å². The molecule has 1 heterocycles. The second-order valence-electron chi connectivity index (χ2n) is 5.60. The average molecular weight is 380 g/mol. The molecule has 0 fully saturated rings. The Morgan fingerprint density at radius 3 is 2.59 bits per heavy atom. The Labute approximate surface area is 163 Å². The summed E-state index contributed by atoms with van der Waals surface area (Å²) in [7, 11) is 0. The maximum atomic E-state index is 12.4. The standard InChI is InChI=1S/C22H18ClNO3/c1-2-26-21-15-16(10-12-17-7-5-6-14-24-17)11-13-20(21)27-22(25)18-8-3-4-9-19(18)23/h3-15H,2H2,1H3/b12-10+. The van der Waals surface area contributed by atoms with Gasteiger partial charge in [0.2, 0.25) is 0 Å². The SMILES string of the molecule is CCOc1cc(/C=C/c2ccccn2)ccc1OC(=O)c1ccccc1Cl. The first-order valence-electron chi connectivity index (χ1n) is 8.50. The van der Waals surface area contributed by atoms with Gasteiger partial charge in [-0.1, -0.05) is 41.9 Å². The van der Waals surface area contributed by atoms with Gasteiger partial charge in [0, 0.05) is 6.20 Å². The lowest BCUT2D eigenvalue weighted by atomic mass is 10.1. The van der Waals surface area contributed by atoms with E-state index in [4.69, 9.17) is 21.1 Å². The van der Waals surface area contributed by atoms with E-state index in [0.29, 0.717) is 28.7 Å². The maximum absolute atomic E-state index is 12.4. The number of hydrogen-bond acceptors (Lipinski definition) is 4. The summed E-state index contributed by atoms with van der Waals surface area (Å²) in [5, 5.41) is 0.343. The van der Waals surface area contributed by atoms with Crippen molar-refractivity contribution in [2.75, 3.05) is 6.61 Å². The second kappa shape index (κ2) is 9.01. The van der Waals surface area contributed by atoms with Crippen LogP contribution in [0, 0.1) is 0 Å². The zero-order chi connectivity index (χ0) is 19.1. The van der Waals surface area contributed by atoms with E-state index in [9.17, 15) is 4.79 Å². The number of halogens is 1. The minimum absolute atomic E-state index is 0.306. The molecule has 0 saturated heterocycles. The van der Waals surface area contributed by atoms with Crippen molar-refractivity contribution in [3.05, 3.63) is 88.7 Å². The minimum atomic E-state index is -0.529. The molecule has 0 N–H and O–H groups in total. The van der Waals surface area contributed by atoms with Crippen molar-refractivity contribution < 1.29 is 14.3 Å². The molecule has 1 aromatic heterocycles. The molecular formula is C22H18ClNO3. The van der Waals surface area contributed by atoms with Crippen LogP contribution in [-0.4, -0.2) is 17.6 Å². The highest BCUT2D eigenvalue weighted by molar-refractivity contribution is 6.33. The van der Waals surface area contributed by atoms with Crippen LogP contribution in [-0.2, 0) is 0 Å². The molecule has 0 atom stereocenters. The molecule has 3 rings (SSSR count). The number of benzene rings is 2. The van der Waals surface area contributed by atoms with E-state index in [1.54, 1.807) is 36.5 Å². The van der Waals surface area contributed by atoms with Crippen LogP contribution in [0.4, 0.5) is 0 Å². The second-order valence-corrected chi connectivity index (χ2v) is 6.00. The van der Waals surface area contributed by atoms with Crippen molar-refractivity contribution >= 4 is 29.7 Å². The van der Waals surface area contributed by atoms with Crippen LogP contribution in [0.3, 0.4) is 0 Å². The van der Waals surface area contributed by atoms with Crippen molar-refractivity contribution in [3.8, 4) is 11.5 Å². The molecule has 0 amide bonds. The molecule has 4 nitrogen and oxygen atoms in total. The molecule has 0 radical (unpaired) electrons. The van der Waals surface area contributed by atoms with Gasteiger partial charge in [0.1, 0.15) is 0 Å². The molecule has 2 aromatic carbocycles. The van der Waals surface area contributed by atoms with Gasteiger partial charge in [0.05, 0.1) is 22.9 Å². The molecule has 136 valence electrons. The zero-order valence-corrected chi connectivity index (χ0v) is 15.5. The van der Waals surface area contributed by atoms with Gasteiger partial charge in [-0.2, -0.15) is 0 Å². The van der Waals surface area contributed by atoms with Crippen LogP contribution in [0.15, 0.2) is 66.9 Å². The topological polar surface area (TPSA) is 48.4 Å². The van der Waals surface area contributed by atoms with E-state index in [2.05, 4.69) is 4.98 Å². The molecule has 0 unspecified atom stereocenters. The Balaban J connectivity index is 1.82. The number of pyridine rings is 1. The quantitative estimate of drug-likeness (QED) is 0.417. The van der Waals surface area contributed by atoms with E-state index >= 15 is 0 Å². The lowest BCUT2D eigenvalue weighted by Crippen LogP contribution is -2.10. The number of carbonyl (C=O) groups excluding carboxylic acids is 1. The molecule has 0 aliphatic rings. The third-order valence-corrected chi connectivity index (χ3v) is 4.03. The number of esters is 1. The van der Waals surface area contributed by atoms with Gasteiger partial charge >= 0.3 is 5.97 Å². The van der Waals surface area contributed by atoms with Crippen LogP contribution < -0.4 is 9.47 Å². The summed E-state index contributed by atoms with van der Waals surface area (Å²) in [4.78, 5) is 16.7. The number of ether oxygens (including phenoxy) is 2. The molecule has 0 bridgehead atoms. The largest absolute Gasteiger partial charge is 0.490 e. The lowest BCUT2D eigenvalue weighted by molar-refractivity contribution is 0.0728. The van der Waals surface area contributed by atoms with E-state index in [-0.39, 0.29) is 0 Å². The fraction of sp³-hybridized carbons (Fsp3) is 0.0909. The normalized spacial score (nSPS) is 10.7. The summed E-state index contributed by atoms with van der Waals surface area (Å²) in [5.41, 5.74) is 2.06. The Morgan fingerprint density at radius 1 is 1.04 bits per heavy atom. The van der Waals surface area contributed by atoms with Crippen LogP contribution in [0.2, 0.25) is 5.02 Å². The highest BCUT2D eigenvalue weighted by atomic mass is 35.5. The van der Waals surface area contributed by atoms with Gasteiger partial charge in [0.15, 0.2) is 11.5 Å². The van der Waals surface area contributed by atoms with Crippen molar-refractivity contribution in [2.24, 2.45) is 0 Å². The Bertz CT molecular complexity index is 955. The Morgan fingerprint density at radius 2 is 1.85 bits per heavy atom. The summed E-state index contributed by atoms with van der Waals surface area (Å²) in [5.74, 6) is 0.302. The molecule has 0 aliphatic heterocycles. The smallest absolute Gasteiger partial charge is 0.345 e. The van der Waals surface area contributed by atoms with Crippen LogP contribution >= 0.6 is 11.6 Å². The monoisotopic (exact) mass is 379 g/mol. The molecule has 0 saturated carbocycles. The van der Waals surface area contributed by atoms with E-state index in [1.165, 1.54) is 0 Å². The fourth-order valence-electron chi connectivity index (χ4n) is 2.42. The number of rotatable bonds is 6. The first-order valence-corrected chi connectivity index (χ1v) is 8.88. The fourth-order valence-corrected chi connectivity index (χ4v) is 2.63. The van der Waals surface area contributed by atoms with Crippen LogP contribution in [0.25, 0.3) is 12.2 Å². The Kier molecular flexibility index (Phi) is 6.23. The first-order chi connectivity index (χ1) is 13.2. The van der Waals surface area contributed by atoms with Gasteiger partial charge in [0.25, 0.3) is 0 Å². The third kappa shape index (κ3) is 4.96. The van der Waals surface area contributed by atoms with Gasteiger partial charge in [-0.25, -0.2) is 4.79 Å². The summed E-state index contributed by atoms with van der Waals surface area (Å²) in [6.45, 7) is 2.32. The molecular weight excluding hydrogens is 362 g/mol. The van der Waals surface area contributed by atoms with Crippen molar-refractivity contribution in [1.29, 1.82) is 0 Å². The highest BCUT2D eigenvalue weighted by Crippen LogP contribution is 2.30. The highest BCUT2D eigenvalue weighted by Gasteiger charge is 2.15. The third-order valence-electron chi connectivity index (χ3n) is 3.70. The van der Waals surface area contributed by atoms with E-state index < -0.39 is 5.97 Å². The van der Waals surface area contributed by atoms with Gasteiger partial charge < -0.3 is 9.47 Å². The molecule has 0 spiro atoms. The summed E-state index contributed by atoms with van der Waals surface area (Å²) in [6.07, 6.45) is 5.56. The van der Waals surface area contributed by atoms with Gasteiger partial charge in [-0.15, -0.1) is 0 Å². The summed E-state index contributed by atoms with van der Waals surface area (Å²) < 4.78 is 11.1. The summed E-state index contributed by atoms with van der Waals surface area (Å²) >= 11 is 6.06. The van der Waals surface area contributed by atoms with Crippen molar-refractivity contribution in [1.82, 2.24) is 4.98 Å². The van der Waals surface area contributed by atoms with Gasteiger partial charge in [-0.3, -0.25) is 4.98 Å². The number of nitrogens with zero attached hydrogens (tertiary/aromatic N) is 1. The van der Waals surface area contributed by atoms with E-state index in [0.717, 1.165) is 11.3 Å². The number of aromatic nitrogens is 1. The molecule has 3 aromatic rings. The predicted octanol–water partition coefficient (Wildman–Crippen LogP) is 5.52. The molecule has 27 heavy (non-hydrogen) atoms. The maximum Gasteiger partial charge on any atom is 0.345 e.